The summed E-state index contributed by atoms with van der Waals surface area (Å²) in [7, 11) is 0. The van der Waals surface area contributed by atoms with Gasteiger partial charge in [-0.25, -0.2) is 5.48 Å². The Hall–Kier alpha value is -2.18. The van der Waals surface area contributed by atoms with E-state index in [-0.39, 0.29) is 5.91 Å². The van der Waals surface area contributed by atoms with E-state index in [9.17, 15) is 9.59 Å². The fraction of sp³-hybridized carbons (Fsp3) is 0.286. The molecule has 6 heteroatoms. The zero-order valence-electron chi connectivity index (χ0n) is 10.8. The Morgan fingerprint density at radius 3 is 2.85 bits per heavy atom. The highest BCUT2D eigenvalue weighted by atomic mass is 16.5. The lowest BCUT2D eigenvalue weighted by molar-refractivity contribution is -0.125. The number of hydrogen-bond acceptors (Lipinski definition) is 4. The summed E-state index contributed by atoms with van der Waals surface area (Å²) >= 11 is 0. The molecule has 6 nitrogen and oxygen atoms in total. The Morgan fingerprint density at radius 2 is 2.15 bits per heavy atom. The lowest BCUT2D eigenvalue weighted by atomic mass is 10.1. The van der Waals surface area contributed by atoms with Crippen LogP contribution in [0, 0.1) is 0 Å². The van der Waals surface area contributed by atoms with Gasteiger partial charge in [-0.1, -0.05) is 18.2 Å². The molecule has 1 aliphatic heterocycles. The van der Waals surface area contributed by atoms with E-state index in [0.717, 1.165) is 12.8 Å². The molecule has 1 fully saturated rings. The first kappa shape index (κ1) is 14.2. The second-order valence-electron chi connectivity index (χ2n) is 4.39. The second-order valence-corrected chi connectivity index (χ2v) is 4.39. The highest BCUT2D eigenvalue weighted by Crippen LogP contribution is 2.19. The first-order valence-electron chi connectivity index (χ1n) is 6.34. The van der Waals surface area contributed by atoms with E-state index in [1.165, 1.54) is 17.6 Å². The van der Waals surface area contributed by atoms with Crippen molar-refractivity contribution in [3.63, 3.8) is 0 Å². The molecule has 0 bridgehead atoms. The van der Waals surface area contributed by atoms with Crippen molar-refractivity contribution in [1.29, 1.82) is 0 Å². The number of anilines is 1. The van der Waals surface area contributed by atoms with E-state index < -0.39 is 12.0 Å². The zero-order valence-corrected chi connectivity index (χ0v) is 10.8. The number of hydroxylamine groups is 1. The van der Waals surface area contributed by atoms with Crippen LogP contribution in [-0.4, -0.2) is 29.7 Å². The maximum atomic E-state index is 12.0. The normalized spacial score (nSPS) is 18.1. The molecule has 1 heterocycles. The maximum Gasteiger partial charge on any atom is 0.267 e. The van der Waals surface area contributed by atoms with E-state index in [4.69, 9.17) is 9.94 Å². The van der Waals surface area contributed by atoms with E-state index in [2.05, 4.69) is 5.32 Å². The van der Waals surface area contributed by atoms with Gasteiger partial charge in [-0.05, 0) is 30.5 Å². The van der Waals surface area contributed by atoms with Crippen molar-refractivity contribution in [3.8, 4) is 0 Å². The van der Waals surface area contributed by atoms with Crippen molar-refractivity contribution in [2.75, 3.05) is 11.9 Å². The number of benzene rings is 1. The molecule has 0 spiro atoms. The van der Waals surface area contributed by atoms with Crippen LogP contribution < -0.4 is 10.8 Å². The van der Waals surface area contributed by atoms with Gasteiger partial charge in [-0.15, -0.1) is 0 Å². The lowest BCUT2D eigenvalue weighted by Gasteiger charge is -2.12. The zero-order chi connectivity index (χ0) is 14.4. The summed E-state index contributed by atoms with van der Waals surface area (Å²) < 4.78 is 5.32. The van der Waals surface area contributed by atoms with Crippen molar-refractivity contribution >= 4 is 23.6 Å². The molecule has 0 aromatic heterocycles. The van der Waals surface area contributed by atoms with Crippen LogP contribution in [0.5, 0.6) is 0 Å². The number of ether oxygens (including phenoxy) is 1. The molecule has 2 rings (SSSR count). The minimum Gasteiger partial charge on any atom is -0.368 e. The monoisotopic (exact) mass is 276 g/mol. The van der Waals surface area contributed by atoms with Crippen LogP contribution in [0.15, 0.2) is 30.3 Å². The number of para-hydroxylation sites is 1. The van der Waals surface area contributed by atoms with Crippen molar-refractivity contribution in [3.05, 3.63) is 35.9 Å². The summed E-state index contributed by atoms with van der Waals surface area (Å²) in [6.45, 7) is 0.607. The topological polar surface area (TPSA) is 87.7 Å². The van der Waals surface area contributed by atoms with E-state index in [0.29, 0.717) is 17.9 Å². The Balaban J connectivity index is 2.09. The average molecular weight is 276 g/mol. The van der Waals surface area contributed by atoms with Crippen molar-refractivity contribution < 1.29 is 19.5 Å². The Labute approximate surface area is 116 Å². The third-order valence-corrected chi connectivity index (χ3v) is 2.97. The standard InChI is InChI=1S/C14H16N2O4/c17-13(16-19)8-7-10-4-1-2-5-11(10)15-14(18)12-6-3-9-20-12/h1-2,4-5,7-8,12,19H,3,6,9H2,(H,15,18)(H,16,17)/b8-7+/t12-/m0/s1. The Bertz CT molecular complexity index is 522. The molecule has 0 radical (unpaired) electrons. The highest BCUT2D eigenvalue weighted by molar-refractivity contribution is 5.97. The number of amides is 2. The van der Waals surface area contributed by atoms with Crippen LogP contribution in [-0.2, 0) is 14.3 Å². The minimum absolute atomic E-state index is 0.185. The van der Waals surface area contributed by atoms with Crippen molar-refractivity contribution in [1.82, 2.24) is 5.48 Å². The number of carbonyl (C=O) groups excluding carboxylic acids is 2. The van der Waals surface area contributed by atoms with E-state index in [1.54, 1.807) is 24.3 Å². The molecule has 1 aromatic carbocycles. The fourth-order valence-corrected chi connectivity index (χ4v) is 1.96. The summed E-state index contributed by atoms with van der Waals surface area (Å²) in [4.78, 5) is 23.0. The van der Waals surface area contributed by atoms with Gasteiger partial charge in [0.2, 0.25) is 0 Å². The van der Waals surface area contributed by atoms with Crippen molar-refractivity contribution in [2.45, 2.75) is 18.9 Å². The van der Waals surface area contributed by atoms with Gasteiger partial charge in [0.25, 0.3) is 11.8 Å². The Kier molecular flexibility index (Phi) is 4.86. The van der Waals surface area contributed by atoms with Crippen molar-refractivity contribution in [2.24, 2.45) is 0 Å². The molecule has 1 saturated heterocycles. The minimum atomic E-state index is -0.634. The average Bonchev–Trinajstić information content (AvgIpc) is 3.00. The molecule has 20 heavy (non-hydrogen) atoms. The number of carbonyl (C=O) groups is 2. The van der Waals surface area contributed by atoms with E-state index >= 15 is 0 Å². The molecule has 1 aromatic rings. The first-order valence-corrected chi connectivity index (χ1v) is 6.34. The summed E-state index contributed by atoms with van der Waals surface area (Å²) in [6.07, 6.45) is 3.88. The molecule has 0 aliphatic carbocycles. The summed E-state index contributed by atoms with van der Waals surface area (Å²) in [5, 5.41) is 11.2. The van der Waals surface area contributed by atoms with Gasteiger partial charge in [0.1, 0.15) is 6.10 Å². The number of rotatable bonds is 4. The van der Waals surface area contributed by atoms with Crippen LogP contribution in [0.2, 0.25) is 0 Å². The van der Waals surface area contributed by atoms with Crippen LogP contribution >= 0.6 is 0 Å². The van der Waals surface area contributed by atoms with Crippen LogP contribution in [0.4, 0.5) is 5.69 Å². The van der Waals surface area contributed by atoms with Gasteiger partial charge in [0.05, 0.1) is 0 Å². The van der Waals surface area contributed by atoms with Gasteiger partial charge in [-0.3, -0.25) is 14.8 Å². The molecular formula is C14H16N2O4. The third-order valence-electron chi connectivity index (χ3n) is 2.97. The predicted molar refractivity (Wildman–Crippen MR) is 73.0 cm³/mol. The molecular weight excluding hydrogens is 260 g/mol. The van der Waals surface area contributed by atoms with Gasteiger partial charge < -0.3 is 10.1 Å². The summed E-state index contributed by atoms with van der Waals surface area (Å²) in [5.41, 5.74) is 2.77. The molecule has 3 N–H and O–H groups in total. The molecule has 2 amide bonds. The largest absolute Gasteiger partial charge is 0.368 e. The SMILES string of the molecule is O=C(/C=C/c1ccccc1NC(=O)[C@@H]1CCCO1)NO. The van der Waals surface area contributed by atoms with Gasteiger partial charge in [-0.2, -0.15) is 0 Å². The fourth-order valence-electron chi connectivity index (χ4n) is 1.96. The van der Waals surface area contributed by atoms with Gasteiger partial charge >= 0.3 is 0 Å². The van der Waals surface area contributed by atoms with E-state index in [1.807, 2.05) is 0 Å². The first-order chi connectivity index (χ1) is 9.70. The lowest BCUT2D eigenvalue weighted by Crippen LogP contribution is -2.27. The highest BCUT2D eigenvalue weighted by Gasteiger charge is 2.23. The second kappa shape index (κ2) is 6.83. The molecule has 0 unspecified atom stereocenters. The van der Waals surface area contributed by atoms with Crippen LogP contribution in [0.3, 0.4) is 0 Å². The summed E-state index contributed by atoms with van der Waals surface area (Å²) in [5.74, 6) is -0.819. The molecule has 1 atom stereocenters. The molecule has 106 valence electrons. The number of hydrogen-bond donors (Lipinski definition) is 3. The third kappa shape index (κ3) is 3.66. The van der Waals surface area contributed by atoms with Crippen LogP contribution in [0.1, 0.15) is 18.4 Å². The predicted octanol–water partition coefficient (Wildman–Crippen LogP) is 1.32. The summed E-state index contributed by atoms with van der Waals surface area (Å²) in [6, 6.07) is 7.07. The molecule has 0 saturated carbocycles. The van der Waals surface area contributed by atoms with Gasteiger partial charge in [0.15, 0.2) is 0 Å². The Morgan fingerprint density at radius 1 is 1.35 bits per heavy atom. The maximum absolute atomic E-state index is 12.0. The number of nitrogens with one attached hydrogen (secondary N) is 2. The smallest absolute Gasteiger partial charge is 0.267 e. The van der Waals surface area contributed by atoms with Gasteiger partial charge in [0, 0.05) is 18.4 Å². The molecule has 1 aliphatic rings. The van der Waals surface area contributed by atoms with Crippen LogP contribution in [0.25, 0.3) is 6.08 Å². The quantitative estimate of drug-likeness (QED) is 0.440.